The third kappa shape index (κ3) is 1.95. The highest BCUT2D eigenvalue weighted by Gasteiger charge is 2.50. The first-order valence-corrected chi connectivity index (χ1v) is 5.61. The molecule has 0 aliphatic carbocycles. The second-order valence-corrected chi connectivity index (χ2v) is 4.18. The van der Waals surface area contributed by atoms with Crippen LogP contribution >= 0.6 is 0 Å². The largest absolute Gasteiger partial charge is 0.479 e. The van der Waals surface area contributed by atoms with Crippen LogP contribution in [0.25, 0.3) is 0 Å². The van der Waals surface area contributed by atoms with Crippen LogP contribution in [0.15, 0.2) is 24.4 Å². The maximum Gasteiger partial charge on any atom is 0.332 e. The highest BCUT2D eigenvalue weighted by atomic mass is 16.5. The zero-order valence-corrected chi connectivity index (χ0v) is 10.00. The number of aromatic nitrogens is 1. The Labute approximate surface area is 104 Å². The molecule has 1 aromatic rings. The van der Waals surface area contributed by atoms with Gasteiger partial charge in [-0.15, -0.1) is 0 Å². The minimum Gasteiger partial charge on any atom is -0.479 e. The lowest BCUT2D eigenvalue weighted by atomic mass is 9.96. The van der Waals surface area contributed by atoms with Gasteiger partial charge in [-0.2, -0.15) is 0 Å². The second-order valence-electron chi connectivity index (χ2n) is 4.18. The van der Waals surface area contributed by atoms with E-state index in [0.29, 0.717) is 12.4 Å². The van der Waals surface area contributed by atoms with Crippen molar-refractivity contribution in [3.8, 4) is 0 Å². The summed E-state index contributed by atoms with van der Waals surface area (Å²) in [5, 5.41) is 9.44. The molecule has 1 saturated heterocycles. The fourth-order valence-corrected chi connectivity index (χ4v) is 2.16. The minimum atomic E-state index is -1.35. The van der Waals surface area contributed by atoms with Crippen LogP contribution in [0.4, 0.5) is 5.82 Å². The summed E-state index contributed by atoms with van der Waals surface area (Å²) in [5.41, 5.74) is -1.35. The van der Waals surface area contributed by atoms with Gasteiger partial charge in [-0.1, -0.05) is 6.07 Å². The van der Waals surface area contributed by atoms with E-state index in [9.17, 15) is 14.7 Å². The molecule has 0 spiro atoms. The van der Waals surface area contributed by atoms with Crippen LogP contribution in [0.3, 0.4) is 0 Å². The molecular weight excluding hydrogens is 236 g/mol. The smallest absolute Gasteiger partial charge is 0.332 e. The van der Waals surface area contributed by atoms with Gasteiger partial charge >= 0.3 is 5.97 Å². The van der Waals surface area contributed by atoms with Crippen molar-refractivity contribution < 1.29 is 19.4 Å². The third-order valence-corrected chi connectivity index (χ3v) is 3.02. The Morgan fingerprint density at radius 2 is 2.28 bits per heavy atom. The molecule has 1 amide bonds. The van der Waals surface area contributed by atoms with Gasteiger partial charge in [-0.25, -0.2) is 9.78 Å². The van der Waals surface area contributed by atoms with Crippen LogP contribution in [0.1, 0.15) is 13.3 Å². The van der Waals surface area contributed by atoms with Crippen LogP contribution in [0.5, 0.6) is 0 Å². The number of hydrogen-bond acceptors (Lipinski definition) is 4. The number of amides is 1. The standard InChI is InChI=1S/C12H14N2O4/c1-9(15)14(10-4-2-3-6-13-10)12(11(16)17)5-7-18-8-12/h2-4,6H,5,7-8H2,1H3,(H,16,17). The number of rotatable bonds is 3. The molecule has 6 nitrogen and oxygen atoms in total. The molecule has 0 radical (unpaired) electrons. The Balaban J connectivity index is 2.47. The first kappa shape index (κ1) is 12.5. The molecule has 1 aromatic heterocycles. The molecule has 1 atom stereocenters. The molecule has 6 heteroatoms. The normalized spacial score (nSPS) is 22.7. The average molecular weight is 250 g/mol. The topological polar surface area (TPSA) is 79.7 Å². The van der Waals surface area contributed by atoms with Crippen LogP contribution < -0.4 is 4.90 Å². The van der Waals surface area contributed by atoms with Crippen LogP contribution in [0.2, 0.25) is 0 Å². The number of carboxylic acid groups (broad SMARTS) is 1. The van der Waals surface area contributed by atoms with Gasteiger partial charge in [0, 0.05) is 26.1 Å². The number of ether oxygens (including phenoxy) is 1. The van der Waals surface area contributed by atoms with E-state index in [1.807, 2.05) is 0 Å². The van der Waals surface area contributed by atoms with Gasteiger partial charge < -0.3 is 9.84 Å². The van der Waals surface area contributed by atoms with Gasteiger partial charge in [-0.05, 0) is 12.1 Å². The van der Waals surface area contributed by atoms with E-state index in [-0.39, 0.29) is 18.9 Å². The molecule has 1 aliphatic rings. The summed E-state index contributed by atoms with van der Waals surface area (Å²) in [6.07, 6.45) is 1.79. The molecule has 0 aromatic carbocycles. The Hall–Kier alpha value is -1.95. The number of hydrogen-bond donors (Lipinski definition) is 1. The summed E-state index contributed by atoms with van der Waals surface area (Å²) < 4.78 is 5.17. The zero-order chi connectivity index (χ0) is 13.2. The van der Waals surface area contributed by atoms with Gasteiger partial charge in [0.25, 0.3) is 0 Å². The summed E-state index contributed by atoms with van der Waals surface area (Å²) >= 11 is 0. The number of carboxylic acids is 1. The lowest BCUT2D eigenvalue weighted by molar-refractivity contribution is -0.145. The second kappa shape index (κ2) is 4.73. The number of pyridine rings is 1. The van der Waals surface area contributed by atoms with Crippen molar-refractivity contribution in [1.29, 1.82) is 0 Å². The lowest BCUT2D eigenvalue weighted by Gasteiger charge is -2.34. The summed E-state index contributed by atoms with van der Waals surface area (Å²) in [6, 6.07) is 5.04. The molecule has 1 unspecified atom stereocenters. The first-order chi connectivity index (χ1) is 8.58. The van der Waals surface area contributed by atoms with E-state index >= 15 is 0 Å². The van der Waals surface area contributed by atoms with Gasteiger partial charge in [0.05, 0.1) is 6.61 Å². The predicted molar refractivity (Wildman–Crippen MR) is 63.2 cm³/mol. The van der Waals surface area contributed by atoms with Crippen molar-refractivity contribution in [3.63, 3.8) is 0 Å². The van der Waals surface area contributed by atoms with Gasteiger partial charge in [0.15, 0.2) is 5.54 Å². The average Bonchev–Trinajstić information content (AvgIpc) is 2.80. The molecule has 1 N–H and O–H groups in total. The minimum absolute atomic E-state index is 0.0154. The van der Waals surface area contributed by atoms with Crippen molar-refractivity contribution in [2.75, 3.05) is 18.1 Å². The summed E-state index contributed by atoms with van der Waals surface area (Å²) in [5.74, 6) is -1.10. The van der Waals surface area contributed by atoms with E-state index in [0.717, 1.165) is 0 Å². The molecule has 96 valence electrons. The Morgan fingerprint density at radius 1 is 1.50 bits per heavy atom. The quantitative estimate of drug-likeness (QED) is 0.853. The number of carbonyl (C=O) groups is 2. The number of anilines is 1. The molecule has 18 heavy (non-hydrogen) atoms. The van der Waals surface area contributed by atoms with Crippen LogP contribution in [-0.4, -0.2) is 40.7 Å². The summed E-state index contributed by atoms with van der Waals surface area (Å²) in [7, 11) is 0. The maximum atomic E-state index is 11.8. The molecule has 2 rings (SSSR count). The first-order valence-electron chi connectivity index (χ1n) is 5.61. The molecule has 0 saturated carbocycles. The lowest BCUT2D eigenvalue weighted by Crippen LogP contribution is -2.58. The predicted octanol–water partition coefficient (Wildman–Crippen LogP) is 0.678. The van der Waals surface area contributed by atoms with Crippen LogP contribution in [-0.2, 0) is 14.3 Å². The van der Waals surface area contributed by atoms with Crippen molar-refractivity contribution in [3.05, 3.63) is 24.4 Å². The van der Waals surface area contributed by atoms with Crippen molar-refractivity contribution in [2.45, 2.75) is 18.9 Å². The van der Waals surface area contributed by atoms with E-state index < -0.39 is 11.5 Å². The Bertz CT molecular complexity index is 454. The number of carbonyl (C=O) groups excluding carboxylic acids is 1. The SMILES string of the molecule is CC(=O)N(c1ccccn1)C1(C(=O)O)CCOC1. The molecule has 2 heterocycles. The number of nitrogens with zero attached hydrogens (tertiary/aromatic N) is 2. The van der Waals surface area contributed by atoms with Crippen molar-refractivity contribution >= 4 is 17.7 Å². The van der Waals surface area contributed by atoms with Gasteiger partial charge in [0.1, 0.15) is 5.82 Å². The monoisotopic (exact) mass is 250 g/mol. The van der Waals surface area contributed by atoms with Gasteiger partial charge in [0.2, 0.25) is 5.91 Å². The highest BCUT2D eigenvalue weighted by Crippen LogP contribution is 2.30. The fourth-order valence-electron chi connectivity index (χ4n) is 2.16. The van der Waals surface area contributed by atoms with E-state index in [2.05, 4.69) is 4.98 Å². The third-order valence-electron chi connectivity index (χ3n) is 3.02. The Morgan fingerprint density at radius 3 is 2.72 bits per heavy atom. The van der Waals surface area contributed by atoms with E-state index in [4.69, 9.17) is 4.74 Å². The highest BCUT2D eigenvalue weighted by molar-refractivity contribution is 6.00. The van der Waals surface area contributed by atoms with Crippen molar-refractivity contribution in [1.82, 2.24) is 4.98 Å². The van der Waals surface area contributed by atoms with Crippen molar-refractivity contribution in [2.24, 2.45) is 0 Å². The summed E-state index contributed by atoms with van der Waals surface area (Å²) in [4.78, 5) is 28.6. The fraction of sp³-hybridized carbons (Fsp3) is 0.417. The molecule has 1 aliphatic heterocycles. The molecule has 1 fully saturated rings. The molecular formula is C12H14N2O4. The Kier molecular flexibility index (Phi) is 3.29. The van der Waals surface area contributed by atoms with Gasteiger partial charge in [-0.3, -0.25) is 9.69 Å². The number of aliphatic carboxylic acids is 1. The molecule has 0 bridgehead atoms. The van der Waals surface area contributed by atoms with E-state index in [1.54, 1.807) is 18.2 Å². The zero-order valence-electron chi connectivity index (χ0n) is 10.00. The maximum absolute atomic E-state index is 11.8. The van der Waals surface area contributed by atoms with E-state index in [1.165, 1.54) is 18.0 Å². The summed E-state index contributed by atoms with van der Waals surface area (Å²) in [6.45, 7) is 1.64. The van der Waals surface area contributed by atoms with Crippen LogP contribution in [0, 0.1) is 0 Å².